The summed E-state index contributed by atoms with van der Waals surface area (Å²) >= 11 is 0. The highest BCUT2D eigenvalue weighted by atomic mass is 28.3. The van der Waals surface area contributed by atoms with Crippen molar-refractivity contribution in [1.29, 1.82) is 0 Å². The summed E-state index contributed by atoms with van der Waals surface area (Å²) < 4.78 is 4.89. The molecule has 0 aromatic heterocycles. The fourth-order valence-electron chi connectivity index (χ4n) is 2.27. The Morgan fingerprint density at radius 3 is 1.15 bits per heavy atom. The van der Waals surface area contributed by atoms with E-state index in [9.17, 15) is 0 Å². The summed E-state index contributed by atoms with van der Waals surface area (Å²) in [6, 6.07) is 0. The molecular formula is C16H32N2Si2. The summed E-state index contributed by atoms with van der Waals surface area (Å²) in [5.41, 5.74) is 1.16. The molecule has 0 saturated heterocycles. The molecule has 0 aromatic carbocycles. The molecule has 0 radical (unpaired) electrons. The standard InChI is InChI=1S/C16H32N2Si2/c1-17(2)19(5,6)15-11-9-10-12-16(14-13-15)20(7,8)18(3)4/h9-16H,1-8H3. The average molecular weight is 309 g/mol. The van der Waals surface area contributed by atoms with Gasteiger partial charge in [-0.2, -0.15) is 0 Å². The van der Waals surface area contributed by atoms with Gasteiger partial charge < -0.3 is 9.13 Å². The van der Waals surface area contributed by atoms with Crippen molar-refractivity contribution in [2.45, 2.75) is 37.3 Å². The monoisotopic (exact) mass is 308 g/mol. The van der Waals surface area contributed by atoms with E-state index >= 15 is 0 Å². The van der Waals surface area contributed by atoms with Gasteiger partial charge in [0.05, 0.1) is 0 Å². The lowest BCUT2D eigenvalue weighted by Crippen LogP contribution is -2.48. The average Bonchev–Trinajstić information content (AvgIpc) is 2.27. The van der Waals surface area contributed by atoms with Crippen LogP contribution in [0.25, 0.3) is 0 Å². The number of hydrogen-bond donors (Lipinski definition) is 0. The van der Waals surface area contributed by atoms with Crippen LogP contribution in [-0.2, 0) is 0 Å². The molecule has 0 aromatic rings. The van der Waals surface area contributed by atoms with Crippen LogP contribution in [0.1, 0.15) is 0 Å². The summed E-state index contributed by atoms with van der Waals surface area (Å²) in [5.74, 6) is 0. The van der Waals surface area contributed by atoms with Crippen molar-refractivity contribution in [1.82, 2.24) is 9.13 Å². The molecule has 4 heteroatoms. The van der Waals surface area contributed by atoms with Crippen LogP contribution in [0.3, 0.4) is 0 Å². The van der Waals surface area contributed by atoms with E-state index in [1.165, 1.54) is 0 Å². The second-order valence-electron chi connectivity index (χ2n) is 7.30. The smallest absolute Gasteiger partial charge is 0.132 e. The van der Waals surface area contributed by atoms with E-state index in [4.69, 9.17) is 0 Å². The first-order valence-corrected chi connectivity index (χ1v) is 13.5. The highest BCUT2D eigenvalue weighted by Crippen LogP contribution is 2.33. The van der Waals surface area contributed by atoms with Crippen molar-refractivity contribution >= 4 is 16.5 Å². The van der Waals surface area contributed by atoms with Crippen LogP contribution < -0.4 is 0 Å². The van der Waals surface area contributed by atoms with Crippen LogP contribution in [0, 0.1) is 0 Å². The molecule has 1 rings (SSSR count). The van der Waals surface area contributed by atoms with Gasteiger partial charge in [-0.3, -0.25) is 0 Å². The molecule has 2 atom stereocenters. The van der Waals surface area contributed by atoms with Crippen molar-refractivity contribution in [2.75, 3.05) is 28.2 Å². The van der Waals surface area contributed by atoms with Gasteiger partial charge in [-0.15, -0.1) is 0 Å². The second kappa shape index (κ2) is 6.56. The molecule has 1 aliphatic rings. The lowest BCUT2D eigenvalue weighted by atomic mass is 10.2. The maximum Gasteiger partial charge on any atom is 0.132 e. The van der Waals surface area contributed by atoms with Gasteiger partial charge >= 0.3 is 0 Å². The molecule has 0 fully saturated rings. The molecule has 2 nitrogen and oxygen atoms in total. The molecular weight excluding hydrogens is 276 g/mol. The maximum absolute atomic E-state index is 2.47. The Morgan fingerprint density at radius 2 is 0.900 bits per heavy atom. The predicted molar refractivity (Wildman–Crippen MR) is 97.3 cm³/mol. The summed E-state index contributed by atoms with van der Waals surface area (Å²) in [7, 11) is 6.04. The quantitative estimate of drug-likeness (QED) is 0.573. The lowest BCUT2D eigenvalue weighted by Gasteiger charge is -2.38. The molecule has 0 amide bonds. The number of nitrogens with zero attached hydrogens (tertiary/aromatic N) is 2. The van der Waals surface area contributed by atoms with Crippen LogP contribution in [0.4, 0.5) is 0 Å². The summed E-state index contributed by atoms with van der Waals surface area (Å²) in [6.07, 6.45) is 14.2. The first-order chi connectivity index (χ1) is 9.10. The van der Waals surface area contributed by atoms with Gasteiger partial charge in [0.2, 0.25) is 0 Å². The van der Waals surface area contributed by atoms with Gasteiger partial charge in [-0.25, -0.2) is 0 Å². The van der Waals surface area contributed by atoms with Gasteiger partial charge in [0.25, 0.3) is 0 Å². The molecule has 0 bridgehead atoms. The summed E-state index contributed by atoms with van der Waals surface area (Å²) in [4.78, 5) is 0. The minimum Gasteiger partial charge on any atom is -0.329 e. The van der Waals surface area contributed by atoms with Crippen LogP contribution in [0.5, 0.6) is 0 Å². The van der Waals surface area contributed by atoms with E-state index in [-0.39, 0.29) is 0 Å². The third-order valence-electron chi connectivity index (χ3n) is 5.21. The molecule has 0 aliphatic heterocycles. The van der Waals surface area contributed by atoms with Gasteiger partial charge in [0.15, 0.2) is 0 Å². The predicted octanol–water partition coefficient (Wildman–Crippen LogP) is 3.94. The number of allylic oxidation sites excluding steroid dienone is 6. The van der Waals surface area contributed by atoms with Crippen molar-refractivity contribution in [3.63, 3.8) is 0 Å². The van der Waals surface area contributed by atoms with Crippen molar-refractivity contribution in [3.8, 4) is 0 Å². The Hall–Kier alpha value is -0.426. The minimum absolute atomic E-state index is 0.580. The zero-order valence-electron chi connectivity index (χ0n) is 14.5. The number of hydrogen-bond acceptors (Lipinski definition) is 2. The van der Waals surface area contributed by atoms with E-state index in [0.717, 1.165) is 0 Å². The van der Waals surface area contributed by atoms with E-state index in [1.54, 1.807) is 0 Å². The Morgan fingerprint density at radius 1 is 0.600 bits per heavy atom. The zero-order valence-corrected chi connectivity index (χ0v) is 16.5. The highest BCUT2D eigenvalue weighted by Gasteiger charge is 2.34. The molecule has 0 heterocycles. The molecule has 1 aliphatic carbocycles. The molecule has 20 heavy (non-hydrogen) atoms. The fourth-order valence-corrected chi connectivity index (χ4v) is 5.79. The van der Waals surface area contributed by atoms with Crippen LogP contribution >= 0.6 is 0 Å². The SMILES string of the molecule is CN(C)[Si](C)(C)C1C=CC=CC([Si](C)(C)N(C)C)C=C1. The maximum atomic E-state index is 2.47. The lowest BCUT2D eigenvalue weighted by molar-refractivity contribution is 0.611. The third-order valence-corrected chi connectivity index (χ3v) is 13.9. The van der Waals surface area contributed by atoms with E-state index in [0.29, 0.717) is 11.1 Å². The second-order valence-corrected chi connectivity index (χ2v) is 17.0. The highest BCUT2D eigenvalue weighted by molar-refractivity contribution is 6.77. The molecule has 114 valence electrons. The van der Waals surface area contributed by atoms with E-state index in [2.05, 4.69) is 100.0 Å². The van der Waals surface area contributed by atoms with Crippen LogP contribution in [-0.4, -0.2) is 53.8 Å². The van der Waals surface area contributed by atoms with Crippen LogP contribution in [0.15, 0.2) is 36.5 Å². The number of rotatable bonds is 4. The van der Waals surface area contributed by atoms with Crippen molar-refractivity contribution in [2.24, 2.45) is 0 Å². The molecule has 2 unspecified atom stereocenters. The Labute approximate surface area is 128 Å². The minimum atomic E-state index is -1.42. The van der Waals surface area contributed by atoms with Crippen LogP contribution in [0.2, 0.25) is 37.3 Å². The third kappa shape index (κ3) is 3.81. The Balaban J connectivity index is 3.06. The molecule has 0 spiro atoms. The van der Waals surface area contributed by atoms with Crippen molar-refractivity contribution < 1.29 is 0 Å². The first kappa shape index (κ1) is 17.6. The molecule has 0 saturated carbocycles. The Bertz CT molecular complexity index is 369. The van der Waals surface area contributed by atoms with E-state index < -0.39 is 16.5 Å². The summed E-state index contributed by atoms with van der Waals surface area (Å²) in [5, 5.41) is 0. The topological polar surface area (TPSA) is 6.48 Å². The molecule has 0 N–H and O–H groups in total. The van der Waals surface area contributed by atoms with E-state index in [1.807, 2.05) is 0 Å². The Kier molecular flexibility index (Phi) is 5.78. The normalized spacial score (nSPS) is 24.3. The zero-order chi connectivity index (χ0) is 15.6. The van der Waals surface area contributed by atoms with Gasteiger partial charge in [-0.1, -0.05) is 62.6 Å². The largest absolute Gasteiger partial charge is 0.329 e. The summed E-state index contributed by atoms with van der Waals surface area (Å²) in [6.45, 7) is 9.78. The van der Waals surface area contributed by atoms with Gasteiger partial charge in [0.1, 0.15) is 16.5 Å². The fraction of sp³-hybridized carbons (Fsp3) is 0.625. The van der Waals surface area contributed by atoms with Crippen molar-refractivity contribution in [3.05, 3.63) is 36.5 Å². The van der Waals surface area contributed by atoms with Gasteiger partial charge in [0, 0.05) is 11.1 Å². The van der Waals surface area contributed by atoms with Gasteiger partial charge in [-0.05, 0) is 28.2 Å². The first-order valence-electron chi connectivity index (χ1n) is 7.48.